The van der Waals surface area contributed by atoms with Gasteiger partial charge in [-0.3, -0.25) is 14.6 Å². The molecule has 0 aliphatic rings. The molecule has 11 heteroatoms. The standard InChI is InChI=1S/C35H45N5O6/c1-22(2)13-15-45-30-11-9-26(17-32(30)43-7)20-36-39-34(41)28-19-29(25(6)38-24(28)5)35(42)40-37-21-27-10-12-31(33(18-27)44-8)46-16-14-23(3)4/h9-12,17-23H,13-16H2,1-8H3,(H,39,41)(H,40,42). The Hall–Kier alpha value is -4.93. The van der Waals surface area contributed by atoms with E-state index in [1.54, 1.807) is 52.3 Å². The average Bonchev–Trinajstić information content (AvgIpc) is 3.01. The largest absolute Gasteiger partial charge is 0.493 e. The van der Waals surface area contributed by atoms with E-state index in [0.717, 1.165) is 12.8 Å². The van der Waals surface area contributed by atoms with Crippen LogP contribution in [0.15, 0.2) is 52.7 Å². The first-order valence-electron chi connectivity index (χ1n) is 15.3. The van der Waals surface area contributed by atoms with Crippen LogP contribution in [0.3, 0.4) is 0 Å². The van der Waals surface area contributed by atoms with Crippen LogP contribution >= 0.6 is 0 Å². The van der Waals surface area contributed by atoms with Crippen molar-refractivity contribution in [3.63, 3.8) is 0 Å². The summed E-state index contributed by atoms with van der Waals surface area (Å²) in [6.07, 6.45) is 4.86. The number of ether oxygens (including phenoxy) is 4. The van der Waals surface area contributed by atoms with Crippen LogP contribution in [-0.4, -0.2) is 56.7 Å². The van der Waals surface area contributed by atoms with E-state index in [1.165, 1.54) is 18.5 Å². The van der Waals surface area contributed by atoms with Crippen molar-refractivity contribution in [3.8, 4) is 23.0 Å². The quantitative estimate of drug-likeness (QED) is 0.144. The highest BCUT2D eigenvalue weighted by Gasteiger charge is 2.17. The fourth-order valence-corrected chi connectivity index (χ4v) is 4.21. The number of aryl methyl sites for hydroxylation is 2. The van der Waals surface area contributed by atoms with E-state index in [-0.39, 0.29) is 11.1 Å². The average molecular weight is 632 g/mol. The molecule has 2 N–H and O–H groups in total. The lowest BCUT2D eigenvalue weighted by atomic mass is 10.1. The smallest absolute Gasteiger partial charge is 0.273 e. The minimum absolute atomic E-state index is 0.209. The minimum Gasteiger partial charge on any atom is -0.493 e. The zero-order chi connectivity index (χ0) is 33.6. The van der Waals surface area contributed by atoms with Crippen molar-refractivity contribution >= 4 is 24.2 Å². The molecule has 0 fully saturated rings. The van der Waals surface area contributed by atoms with Gasteiger partial charge in [-0.05, 0) is 92.1 Å². The highest BCUT2D eigenvalue weighted by Crippen LogP contribution is 2.29. The zero-order valence-electron chi connectivity index (χ0n) is 28.0. The van der Waals surface area contributed by atoms with E-state index in [4.69, 9.17) is 18.9 Å². The normalized spacial score (nSPS) is 11.3. The molecule has 246 valence electrons. The predicted molar refractivity (Wildman–Crippen MR) is 180 cm³/mol. The fourth-order valence-electron chi connectivity index (χ4n) is 4.21. The van der Waals surface area contributed by atoms with Crippen LogP contribution in [0.4, 0.5) is 0 Å². The van der Waals surface area contributed by atoms with Crippen LogP contribution < -0.4 is 29.8 Å². The molecule has 0 saturated carbocycles. The van der Waals surface area contributed by atoms with E-state index in [2.05, 4.69) is 53.7 Å². The number of hydrogen-bond acceptors (Lipinski definition) is 9. The Morgan fingerprint density at radius 3 is 1.48 bits per heavy atom. The first-order valence-corrected chi connectivity index (χ1v) is 15.3. The number of pyridine rings is 1. The number of benzene rings is 2. The van der Waals surface area contributed by atoms with Gasteiger partial charge in [-0.2, -0.15) is 10.2 Å². The number of nitrogens with zero attached hydrogens (tertiary/aromatic N) is 3. The summed E-state index contributed by atoms with van der Waals surface area (Å²) >= 11 is 0. The molecule has 0 bridgehead atoms. The maximum absolute atomic E-state index is 13.0. The van der Waals surface area contributed by atoms with Crippen molar-refractivity contribution in [1.82, 2.24) is 15.8 Å². The topological polar surface area (TPSA) is 133 Å². The molecule has 0 saturated heterocycles. The molecular formula is C35H45N5O6. The Kier molecular flexibility index (Phi) is 13.5. The number of carbonyl (C=O) groups is 2. The molecule has 11 nitrogen and oxygen atoms in total. The molecule has 0 spiro atoms. The lowest BCUT2D eigenvalue weighted by molar-refractivity contribution is 0.0954. The van der Waals surface area contributed by atoms with Crippen molar-refractivity contribution in [2.75, 3.05) is 27.4 Å². The molecular weight excluding hydrogens is 586 g/mol. The van der Waals surface area contributed by atoms with Crippen LogP contribution in [0.5, 0.6) is 23.0 Å². The zero-order valence-corrected chi connectivity index (χ0v) is 28.0. The summed E-state index contributed by atoms with van der Waals surface area (Å²) in [5.74, 6) is 2.46. The van der Waals surface area contributed by atoms with E-state index in [0.29, 0.717) is 70.6 Å². The molecule has 0 unspecified atom stereocenters. The van der Waals surface area contributed by atoms with E-state index < -0.39 is 11.8 Å². The van der Waals surface area contributed by atoms with Crippen LogP contribution in [0.1, 0.15) is 83.8 Å². The molecule has 2 amide bonds. The summed E-state index contributed by atoms with van der Waals surface area (Å²) in [5, 5.41) is 8.16. The summed E-state index contributed by atoms with van der Waals surface area (Å²) in [4.78, 5) is 30.4. The number of hydrogen-bond donors (Lipinski definition) is 2. The van der Waals surface area contributed by atoms with E-state index >= 15 is 0 Å². The van der Waals surface area contributed by atoms with Crippen molar-refractivity contribution in [2.24, 2.45) is 22.0 Å². The number of carbonyl (C=O) groups excluding carboxylic acids is 2. The second-order valence-corrected chi connectivity index (χ2v) is 11.5. The van der Waals surface area contributed by atoms with Crippen molar-refractivity contribution in [1.29, 1.82) is 0 Å². The van der Waals surface area contributed by atoms with Gasteiger partial charge in [0, 0.05) is 0 Å². The molecule has 0 radical (unpaired) electrons. The maximum atomic E-state index is 13.0. The van der Waals surface area contributed by atoms with Gasteiger partial charge in [0.15, 0.2) is 23.0 Å². The molecule has 3 aromatic rings. The maximum Gasteiger partial charge on any atom is 0.273 e. The molecule has 0 aliphatic carbocycles. The van der Waals surface area contributed by atoms with Crippen molar-refractivity contribution in [2.45, 2.75) is 54.4 Å². The van der Waals surface area contributed by atoms with E-state index in [1.807, 2.05) is 12.1 Å². The van der Waals surface area contributed by atoms with Crippen molar-refractivity contribution in [3.05, 3.63) is 76.1 Å². The van der Waals surface area contributed by atoms with Gasteiger partial charge >= 0.3 is 0 Å². The number of rotatable bonds is 16. The van der Waals surface area contributed by atoms with Gasteiger partial charge in [0.2, 0.25) is 0 Å². The Balaban J connectivity index is 1.64. The number of aromatic nitrogens is 1. The van der Waals surface area contributed by atoms with Crippen LogP contribution in [0, 0.1) is 25.7 Å². The Morgan fingerprint density at radius 2 is 1.11 bits per heavy atom. The summed E-state index contributed by atoms with van der Waals surface area (Å²) in [6.45, 7) is 13.1. The Labute approximate surface area is 271 Å². The van der Waals surface area contributed by atoms with Crippen molar-refractivity contribution < 1.29 is 28.5 Å². The second kappa shape index (κ2) is 17.5. The summed E-state index contributed by atoms with van der Waals surface area (Å²) in [7, 11) is 3.14. The first kappa shape index (κ1) is 35.5. The fraction of sp³-hybridized carbons (Fsp3) is 0.400. The molecule has 1 heterocycles. The van der Waals surface area contributed by atoms with E-state index in [9.17, 15) is 9.59 Å². The molecule has 46 heavy (non-hydrogen) atoms. The number of amides is 2. The lowest BCUT2D eigenvalue weighted by Crippen LogP contribution is -2.23. The first-order chi connectivity index (χ1) is 22.0. The minimum atomic E-state index is -0.512. The van der Waals surface area contributed by atoms with Gasteiger partial charge in [0.05, 0.1) is 62.4 Å². The second-order valence-electron chi connectivity index (χ2n) is 11.5. The molecule has 0 atom stereocenters. The highest BCUT2D eigenvalue weighted by molar-refractivity contribution is 6.01. The van der Waals surface area contributed by atoms with Crippen LogP contribution in [0.25, 0.3) is 0 Å². The lowest BCUT2D eigenvalue weighted by Gasteiger charge is -2.12. The number of nitrogens with one attached hydrogen (secondary N) is 2. The number of methoxy groups -OCH3 is 2. The third-order valence-corrected chi connectivity index (χ3v) is 6.93. The third-order valence-electron chi connectivity index (χ3n) is 6.93. The van der Waals surface area contributed by atoms with Gasteiger partial charge in [-0.15, -0.1) is 0 Å². The van der Waals surface area contributed by atoms with Crippen LogP contribution in [0.2, 0.25) is 0 Å². The Bertz CT molecular complexity index is 1440. The summed E-state index contributed by atoms with van der Waals surface area (Å²) in [5.41, 5.74) is 7.75. The molecule has 1 aromatic heterocycles. The van der Waals surface area contributed by atoms with Crippen LogP contribution in [-0.2, 0) is 0 Å². The van der Waals surface area contributed by atoms with Gasteiger partial charge in [0.1, 0.15) is 0 Å². The molecule has 3 rings (SSSR count). The van der Waals surface area contributed by atoms with Gasteiger partial charge < -0.3 is 18.9 Å². The highest BCUT2D eigenvalue weighted by atomic mass is 16.5. The molecule has 0 aliphatic heterocycles. The number of hydrazone groups is 2. The van der Waals surface area contributed by atoms with Gasteiger partial charge in [-0.25, -0.2) is 10.9 Å². The summed E-state index contributed by atoms with van der Waals surface area (Å²) < 4.78 is 22.6. The predicted octanol–water partition coefficient (Wildman–Crippen LogP) is 6.09. The Morgan fingerprint density at radius 1 is 0.696 bits per heavy atom. The summed E-state index contributed by atoms with van der Waals surface area (Å²) in [6, 6.07) is 12.3. The third kappa shape index (κ3) is 10.6. The SMILES string of the molecule is COc1cc(C=NNC(=O)c2cc(C(=O)NN=Cc3ccc(OCCC(C)C)c(OC)c3)c(C)nc2C)ccc1OCCC(C)C. The monoisotopic (exact) mass is 631 g/mol. The molecule has 2 aromatic carbocycles. The van der Waals surface area contributed by atoms with Gasteiger partial charge in [-0.1, -0.05) is 27.7 Å². The van der Waals surface area contributed by atoms with Gasteiger partial charge in [0.25, 0.3) is 11.8 Å².